The topological polar surface area (TPSA) is 57.8 Å². The van der Waals surface area contributed by atoms with E-state index in [1.165, 1.54) is 6.33 Å². The minimum atomic E-state index is -0.328. The van der Waals surface area contributed by atoms with Crippen molar-refractivity contribution in [2.75, 3.05) is 5.32 Å². The molecule has 72 valence electrons. The predicted molar refractivity (Wildman–Crippen MR) is 51.3 cm³/mol. The van der Waals surface area contributed by atoms with E-state index in [2.05, 4.69) is 15.3 Å². The third kappa shape index (κ3) is 2.31. The van der Waals surface area contributed by atoms with Crippen LogP contribution >= 0.6 is 0 Å². The average Bonchev–Trinajstić information content (AvgIpc) is 2.57. The molecule has 0 radical (unpaired) electrons. The zero-order valence-electron chi connectivity index (χ0n) is 8.22. The molecule has 0 bridgehead atoms. The van der Waals surface area contributed by atoms with Crippen LogP contribution in [0, 0.1) is 5.41 Å². The van der Waals surface area contributed by atoms with Crippen molar-refractivity contribution in [3.8, 4) is 0 Å². The Morgan fingerprint density at radius 1 is 1.69 bits per heavy atom. The standard InChI is InChI=1S/C9H15N3O/c1-4-9(2,3)8(13)12-7-5-10-6-11-7/h5-6H,4H2,1-3H3,(H,10,11)(H,12,13). The quantitative estimate of drug-likeness (QED) is 0.746. The predicted octanol–water partition coefficient (Wildman–Crippen LogP) is 1.78. The minimum absolute atomic E-state index is 0.0132. The van der Waals surface area contributed by atoms with Crippen molar-refractivity contribution in [3.63, 3.8) is 0 Å². The van der Waals surface area contributed by atoms with E-state index in [4.69, 9.17) is 0 Å². The highest BCUT2D eigenvalue weighted by Crippen LogP contribution is 2.21. The molecule has 0 unspecified atom stereocenters. The van der Waals surface area contributed by atoms with Gasteiger partial charge in [-0.3, -0.25) is 4.79 Å². The van der Waals surface area contributed by atoms with Crippen LogP contribution in [-0.2, 0) is 4.79 Å². The van der Waals surface area contributed by atoms with Gasteiger partial charge in [0.1, 0.15) is 5.82 Å². The van der Waals surface area contributed by atoms with Crippen LogP contribution in [0.1, 0.15) is 27.2 Å². The molecular weight excluding hydrogens is 166 g/mol. The maximum Gasteiger partial charge on any atom is 0.231 e. The number of anilines is 1. The molecule has 1 amide bonds. The van der Waals surface area contributed by atoms with Gasteiger partial charge in [-0.05, 0) is 6.42 Å². The average molecular weight is 181 g/mol. The Balaban J connectivity index is 2.61. The molecule has 4 heteroatoms. The van der Waals surface area contributed by atoms with E-state index in [0.717, 1.165) is 6.42 Å². The molecule has 0 aliphatic rings. The van der Waals surface area contributed by atoms with Crippen LogP contribution in [0.3, 0.4) is 0 Å². The zero-order chi connectivity index (χ0) is 9.90. The van der Waals surface area contributed by atoms with Gasteiger partial charge in [-0.15, -0.1) is 0 Å². The van der Waals surface area contributed by atoms with Crippen LogP contribution in [0.5, 0.6) is 0 Å². The highest BCUT2D eigenvalue weighted by molar-refractivity contribution is 5.93. The summed E-state index contributed by atoms with van der Waals surface area (Å²) in [6.45, 7) is 5.82. The van der Waals surface area contributed by atoms with Crippen molar-refractivity contribution in [3.05, 3.63) is 12.5 Å². The van der Waals surface area contributed by atoms with Gasteiger partial charge in [0, 0.05) is 5.41 Å². The summed E-state index contributed by atoms with van der Waals surface area (Å²) in [5.74, 6) is 0.658. The number of aromatic nitrogens is 2. The molecule has 0 atom stereocenters. The van der Waals surface area contributed by atoms with E-state index in [-0.39, 0.29) is 11.3 Å². The normalized spacial score (nSPS) is 11.3. The number of aromatic amines is 1. The lowest BCUT2D eigenvalue weighted by atomic mass is 9.89. The Morgan fingerprint density at radius 3 is 2.85 bits per heavy atom. The SMILES string of the molecule is CCC(C)(C)C(=O)Nc1cnc[nH]1. The molecule has 0 fully saturated rings. The first-order valence-corrected chi connectivity index (χ1v) is 4.36. The summed E-state index contributed by atoms with van der Waals surface area (Å²) in [5, 5.41) is 2.76. The van der Waals surface area contributed by atoms with Gasteiger partial charge in [0.05, 0.1) is 12.5 Å². The fourth-order valence-corrected chi connectivity index (χ4v) is 0.776. The second kappa shape index (κ2) is 3.60. The number of carbonyl (C=O) groups excluding carboxylic acids is 1. The second-order valence-electron chi connectivity index (χ2n) is 3.66. The number of rotatable bonds is 3. The molecule has 0 saturated carbocycles. The van der Waals surface area contributed by atoms with Crippen molar-refractivity contribution in [2.24, 2.45) is 5.41 Å². The smallest absolute Gasteiger partial charge is 0.231 e. The number of carbonyl (C=O) groups is 1. The van der Waals surface area contributed by atoms with Crippen LogP contribution in [0.2, 0.25) is 0 Å². The third-order valence-corrected chi connectivity index (χ3v) is 2.24. The van der Waals surface area contributed by atoms with Crippen molar-refractivity contribution in [2.45, 2.75) is 27.2 Å². The molecule has 0 aromatic carbocycles. The molecule has 0 spiro atoms. The highest BCUT2D eigenvalue weighted by Gasteiger charge is 2.25. The largest absolute Gasteiger partial charge is 0.331 e. The van der Waals surface area contributed by atoms with Gasteiger partial charge >= 0.3 is 0 Å². The molecule has 1 aromatic rings. The Hall–Kier alpha value is -1.32. The summed E-state index contributed by atoms with van der Waals surface area (Å²) in [6.07, 6.45) is 3.94. The Morgan fingerprint density at radius 2 is 2.38 bits per heavy atom. The monoisotopic (exact) mass is 181 g/mol. The second-order valence-corrected chi connectivity index (χ2v) is 3.66. The zero-order valence-corrected chi connectivity index (χ0v) is 8.22. The molecule has 1 aromatic heterocycles. The summed E-state index contributed by atoms with van der Waals surface area (Å²) in [6, 6.07) is 0. The van der Waals surface area contributed by atoms with Crippen molar-refractivity contribution < 1.29 is 4.79 Å². The van der Waals surface area contributed by atoms with E-state index < -0.39 is 0 Å². The van der Waals surface area contributed by atoms with Crippen LogP contribution in [0.25, 0.3) is 0 Å². The number of hydrogen-bond donors (Lipinski definition) is 2. The molecule has 1 heterocycles. The minimum Gasteiger partial charge on any atom is -0.331 e. The first-order valence-electron chi connectivity index (χ1n) is 4.36. The maximum absolute atomic E-state index is 11.6. The van der Waals surface area contributed by atoms with Gasteiger partial charge in [0.25, 0.3) is 0 Å². The molecule has 13 heavy (non-hydrogen) atoms. The van der Waals surface area contributed by atoms with E-state index in [1.807, 2.05) is 20.8 Å². The van der Waals surface area contributed by atoms with Crippen LogP contribution in [0.4, 0.5) is 5.82 Å². The summed E-state index contributed by atoms with van der Waals surface area (Å²) < 4.78 is 0. The van der Waals surface area contributed by atoms with Gasteiger partial charge in [-0.2, -0.15) is 0 Å². The molecular formula is C9H15N3O. The van der Waals surface area contributed by atoms with Gasteiger partial charge in [0.15, 0.2) is 0 Å². The Kier molecular flexibility index (Phi) is 2.70. The van der Waals surface area contributed by atoms with Crippen molar-refractivity contribution in [1.82, 2.24) is 9.97 Å². The van der Waals surface area contributed by atoms with Crippen molar-refractivity contribution >= 4 is 11.7 Å². The number of hydrogen-bond acceptors (Lipinski definition) is 2. The van der Waals surface area contributed by atoms with Gasteiger partial charge in [-0.25, -0.2) is 4.98 Å². The number of H-pyrrole nitrogens is 1. The van der Waals surface area contributed by atoms with Crippen LogP contribution < -0.4 is 5.32 Å². The lowest BCUT2D eigenvalue weighted by Crippen LogP contribution is -2.30. The first-order chi connectivity index (χ1) is 6.06. The number of nitrogens with one attached hydrogen (secondary N) is 2. The van der Waals surface area contributed by atoms with Crippen LogP contribution in [-0.4, -0.2) is 15.9 Å². The molecule has 0 aliphatic carbocycles. The lowest BCUT2D eigenvalue weighted by molar-refractivity contribution is -0.124. The summed E-state index contributed by atoms with van der Waals surface area (Å²) in [4.78, 5) is 18.2. The Labute approximate surface area is 77.8 Å². The molecule has 4 nitrogen and oxygen atoms in total. The summed E-state index contributed by atoms with van der Waals surface area (Å²) in [7, 11) is 0. The molecule has 1 rings (SSSR count). The maximum atomic E-state index is 11.6. The van der Waals surface area contributed by atoms with E-state index in [9.17, 15) is 4.79 Å². The van der Waals surface area contributed by atoms with Gasteiger partial charge in [-0.1, -0.05) is 20.8 Å². The van der Waals surface area contributed by atoms with Crippen LogP contribution in [0.15, 0.2) is 12.5 Å². The number of nitrogens with zero attached hydrogens (tertiary/aromatic N) is 1. The van der Waals surface area contributed by atoms with E-state index in [0.29, 0.717) is 5.82 Å². The van der Waals surface area contributed by atoms with Gasteiger partial charge in [0.2, 0.25) is 5.91 Å². The number of amides is 1. The molecule has 0 aliphatic heterocycles. The fraction of sp³-hybridized carbons (Fsp3) is 0.556. The highest BCUT2D eigenvalue weighted by atomic mass is 16.2. The van der Waals surface area contributed by atoms with Crippen molar-refractivity contribution in [1.29, 1.82) is 0 Å². The first kappa shape index (κ1) is 9.77. The molecule has 2 N–H and O–H groups in total. The third-order valence-electron chi connectivity index (χ3n) is 2.24. The fourth-order valence-electron chi connectivity index (χ4n) is 0.776. The lowest BCUT2D eigenvalue weighted by Gasteiger charge is -2.20. The van der Waals surface area contributed by atoms with E-state index >= 15 is 0 Å². The van der Waals surface area contributed by atoms with Gasteiger partial charge < -0.3 is 10.3 Å². The molecule has 0 saturated heterocycles. The summed E-state index contributed by atoms with van der Waals surface area (Å²) in [5.41, 5.74) is -0.328. The number of imidazole rings is 1. The van der Waals surface area contributed by atoms with E-state index in [1.54, 1.807) is 6.20 Å². The summed E-state index contributed by atoms with van der Waals surface area (Å²) >= 11 is 0. The Bertz CT molecular complexity index is 277.